The van der Waals surface area contributed by atoms with Gasteiger partial charge in [-0.25, -0.2) is 4.98 Å². The Kier molecular flexibility index (Phi) is 3.48. The van der Waals surface area contributed by atoms with Gasteiger partial charge < -0.3 is 9.30 Å². The van der Waals surface area contributed by atoms with E-state index in [9.17, 15) is 0 Å². The van der Waals surface area contributed by atoms with Gasteiger partial charge in [-0.1, -0.05) is 0 Å². The minimum absolute atomic E-state index is 0.585. The lowest BCUT2D eigenvalue weighted by Gasteiger charge is -1.99. The van der Waals surface area contributed by atoms with Crippen LogP contribution < -0.4 is 0 Å². The van der Waals surface area contributed by atoms with E-state index in [0.29, 0.717) is 17.9 Å². The molecule has 2 rings (SSSR count). The minimum Gasteiger partial charge on any atom is -0.383 e. The molecule has 0 bridgehead atoms. The van der Waals surface area contributed by atoms with Crippen LogP contribution >= 0.6 is 0 Å². The van der Waals surface area contributed by atoms with Crippen molar-refractivity contribution in [2.75, 3.05) is 13.7 Å². The Morgan fingerprint density at radius 1 is 1.41 bits per heavy atom. The molecule has 0 aliphatic heterocycles. The highest BCUT2D eigenvalue weighted by Gasteiger charge is 2.04. The van der Waals surface area contributed by atoms with Crippen molar-refractivity contribution >= 4 is 0 Å². The zero-order valence-electron chi connectivity index (χ0n) is 9.50. The summed E-state index contributed by atoms with van der Waals surface area (Å²) in [4.78, 5) is 8.44. The van der Waals surface area contributed by atoms with Crippen molar-refractivity contribution in [3.8, 4) is 17.5 Å². The smallest absolute Gasteiger partial charge is 0.107 e. The van der Waals surface area contributed by atoms with Gasteiger partial charge in [0.15, 0.2) is 0 Å². The van der Waals surface area contributed by atoms with E-state index in [1.807, 2.05) is 10.8 Å². The molecule has 0 aliphatic rings. The van der Waals surface area contributed by atoms with Crippen LogP contribution in [-0.4, -0.2) is 28.3 Å². The molecule has 0 saturated carbocycles. The number of nitriles is 1. The Balaban J connectivity index is 2.21. The second kappa shape index (κ2) is 5.23. The molecule has 17 heavy (non-hydrogen) atoms. The van der Waals surface area contributed by atoms with Crippen LogP contribution in [0.4, 0.5) is 0 Å². The van der Waals surface area contributed by atoms with Crippen molar-refractivity contribution in [3.63, 3.8) is 0 Å². The summed E-state index contributed by atoms with van der Waals surface area (Å²) in [5.74, 6) is 0. The summed E-state index contributed by atoms with van der Waals surface area (Å²) in [6.45, 7) is 1.39. The Morgan fingerprint density at radius 3 is 3.06 bits per heavy atom. The molecule has 86 valence electrons. The van der Waals surface area contributed by atoms with Crippen LogP contribution in [0.2, 0.25) is 0 Å². The van der Waals surface area contributed by atoms with Crippen molar-refractivity contribution in [2.24, 2.45) is 0 Å². The average Bonchev–Trinajstić information content (AvgIpc) is 2.85. The van der Waals surface area contributed by atoms with Gasteiger partial charge in [-0.2, -0.15) is 5.26 Å². The Labute approximate surface area is 99.3 Å². The number of hydrogen-bond acceptors (Lipinski definition) is 4. The fraction of sp³-hybridized carbons (Fsp3) is 0.250. The highest BCUT2D eigenvalue weighted by Crippen LogP contribution is 2.14. The van der Waals surface area contributed by atoms with E-state index >= 15 is 0 Å². The van der Waals surface area contributed by atoms with Gasteiger partial charge in [0, 0.05) is 26.0 Å². The number of methoxy groups -OCH3 is 1. The van der Waals surface area contributed by atoms with E-state index in [1.165, 1.54) is 0 Å². The van der Waals surface area contributed by atoms with Crippen LogP contribution in [0.15, 0.2) is 30.9 Å². The average molecular weight is 228 g/mol. The molecule has 2 aromatic rings. The van der Waals surface area contributed by atoms with Gasteiger partial charge in [0.25, 0.3) is 0 Å². The molecule has 0 aliphatic carbocycles. The Hall–Kier alpha value is -2.19. The minimum atomic E-state index is 0.585. The van der Waals surface area contributed by atoms with Crippen LogP contribution in [-0.2, 0) is 11.3 Å². The SMILES string of the molecule is COCCn1cnc(-c2cc(C#N)ccn2)c1. The van der Waals surface area contributed by atoms with Crippen LogP contribution in [0.5, 0.6) is 0 Å². The molecule has 0 amide bonds. The lowest BCUT2D eigenvalue weighted by molar-refractivity contribution is 0.187. The quantitative estimate of drug-likeness (QED) is 0.794. The number of aromatic nitrogens is 3. The van der Waals surface area contributed by atoms with E-state index in [0.717, 1.165) is 12.2 Å². The molecule has 0 N–H and O–H groups in total. The molecule has 0 aromatic carbocycles. The van der Waals surface area contributed by atoms with Gasteiger partial charge in [-0.3, -0.25) is 4.98 Å². The number of imidazole rings is 1. The normalized spacial score (nSPS) is 10.1. The summed E-state index contributed by atoms with van der Waals surface area (Å²) in [5.41, 5.74) is 2.06. The maximum atomic E-state index is 8.81. The van der Waals surface area contributed by atoms with Crippen molar-refractivity contribution in [3.05, 3.63) is 36.4 Å². The first-order valence-electron chi connectivity index (χ1n) is 5.20. The third-order valence-corrected chi connectivity index (χ3v) is 2.34. The van der Waals surface area contributed by atoms with Gasteiger partial charge in [0.2, 0.25) is 0 Å². The molecule has 2 aromatic heterocycles. The molecule has 5 heteroatoms. The van der Waals surface area contributed by atoms with E-state index in [-0.39, 0.29) is 0 Å². The highest BCUT2D eigenvalue weighted by molar-refractivity contribution is 5.55. The second-order valence-corrected chi connectivity index (χ2v) is 3.53. The fourth-order valence-electron chi connectivity index (χ4n) is 1.45. The number of pyridine rings is 1. The van der Waals surface area contributed by atoms with Gasteiger partial charge in [0.1, 0.15) is 5.69 Å². The van der Waals surface area contributed by atoms with Crippen molar-refractivity contribution in [2.45, 2.75) is 6.54 Å². The third kappa shape index (κ3) is 2.68. The van der Waals surface area contributed by atoms with E-state index < -0.39 is 0 Å². The van der Waals surface area contributed by atoms with Crippen LogP contribution in [0.3, 0.4) is 0 Å². The summed E-state index contributed by atoms with van der Waals surface area (Å²) in [5, 5.41) is 8.81. The summed E-state index contributed by atoms with van der Waals surface area (Å²) in [6, 6.07) is 5.48. The monoisotopic (exact) mass is 228 g/mol. The predicted octanol–water partition coefficient (Wildman–Crippen LogP) is 1.46. The van der Waals surface area contributed by atoms with Crippen LogP contribution in [0, 0.1) is 11.3 Å². The lowest BCUT2D eigenvalue weighted by atomic mass is 10.2. The molecule has 0 saturated heterocycles. The predicted molar refractivity (Wildman–Crippen MR) is 62.0 cm³/mol. The highest BCUT2D eigenvalue weighted by atomic mass is 16.5. The largest absolute Gasteiger partial charge is 0.383 e. The second-order valence-electron chi connectivity index (χ2n) is 3.53. The van der Waals surface area contributed by atoms with Gasteiger partial charge in [-0.05, 0) is 12.1 Å². The molecule has 0 fully saturated rings. The first-order chi connectivity index (χ1) is 8.33. The zero-order chi connectivity index (χ0) is 12.1. The molecule has 0 unspecified atom stereocenters. The van der Waals surface area contributed by atoms with Crippen molar-refractivity contribution in [1.82, 2.24) is 14.5 Å². The number of ether oxygens (including phenoxy) is 1. The maximum Gasteiger partial charge on any atom is 0.107 e. The Bertz CT molecular complexity index is 541. The maximum absolute atomic E-state index is 8.81. The van der Waals surface area contributed by atoms with Gasteiger partial charge in [0.05, 0.1) is 30.3 Å². The first kappa shape index (κ1) is 11.3. The molecule has 2 heterocycles. The van der Waals surface area contributed by atoms with Crippen molar-refractivity contribution in [1.29, 1.82) is 5.26 Å². The fourth-order valence-corrected chi connectivity index (χ4v) is 1.45. The van der Waals surface area contributed by atoms with E-state index in [1.54, 1.807) is 31.8 Å². The summed E-state index contributed by atoms with van der Waals surface area (Å²) < 4.78 is 6.92. The molecule has 0 atom stereocenters. The van der Waals surface area contributed by atoms with Crippen molar-refractivity contribution < 1.29 is 4.74 Å². The summed E-state index contributed by atoms with van der Waals surface area (Å²) in [6.07, 6.45) is 5.24. The number of hydrogen-bond donors (Lipinski definition) is 0. The lowest BCUT2D eigenvalue weighted by Crippen LogP contribution is -2.00. The number of rotatable bonds is 4. The standard InChI is InChI=1S/C12H12N4O/c1-17-5-4-16-8-12(15-9-16)11-6-10(7-13)2-3-14-11/h2-3,6,8-9H,4-5H2,1H3. The molecular formula is C12H12N4O. The zero-order valence-corrected chi connectivity index (χ0v) is 9.50. The molecule has 0 radical (unpaired) electrons. The topological polar surface area (TPSA) is 63.7 Å². The molecule has 5 nitrogen and oxygen atoms in total. The number of nitrogens with zero attached hydrogens (tertiary/aromatic N) is 4. The first-order valence-corrected chi connectivity index (χ1v) is 5.20. The van der Waals surface area contributed by atoms with Gasteiger partial charge in [-0.15, -0.1) is 0 Å². The third-order valence-electron chi connectivity index (χ3n) is 2.34. The molecular weight excluding hydrogens is 216 g/mol. The summed E-state index contributed by atoms with van der Waals surface area (Å²) >= 11 is 0. The van der Waals surface area contributed by atoms with E-state index in [4.69, 9.17) is 10.00 Å². The summed E-state index contributed by atoms with van der Waals surface area (Å²) in [7, 11) is 1.66. The van der Waals surface area contributed by atoms with Crippen LogP contribution in [0.25, 0.3) is 11.4 Å². The Morgan fingerprint density at radius 2 is 2.29 bits per heavy atom. The van der Waals surface area contributed by atoms with E-state index in [2.05, 4.69) is 16.0 Å². The molecule has 0 spiro atoms. The van der Waals surface area contributed by atoms with Crippen LogP contribution in [0.1, 0.15) is 5.56 Å². The van der Waals surface area contributed by atoms with Gasteiger partial charge >= 0.3 is 0 Å².